The highest BCUT2D eigenvalue weighted by atomic mass is 19.3. The number of carbonyl (C=O) groups is 1. The Labute approximate surface area is 144 Å². The third kappa shape index (κ3) is 4.43. The van der Waals surface area contributed by atoms with Crippen molar-refractivity contribution in [1.82, 2.24) is 9.78 Å². The van der Waals surface area contributed by atoms with Gasteiger partial charge in [0.1, 0.15) is 11.6 Å². The lowest BCUT2D eigenvalue weighted by Crippen LogP contribution is -2.16. The minimum absolute atomic E-state index is 0.0222. The first kappa shape index (κ1) is 17.1. The first-order valence-electron chi connectivity index (χ1n) is 8.11. The van der Waals surface area contributed by atoms with E-state index in [9.17, 15) is 13.6 Å². The zero-order valence-electron chi connectivity index (χ0n) is 13.7. The van der Waals surface area contributed by atoms with Crippen molar-refractivity contribution in [3.05, 3.63) is 48.2 Å². The normalized spacial score (nSPS) is 15.5. The van der Waals surface area contributed by atoms with Crippen LogP contribution in [0.2, 0.25) is 0 Å². The molecule has 132 valence electrons. The summed E-state index contributed by atoms with van der Waals surface area (Å²) in [6, 6.07) is 8.26. The summed E-state index contributed by atoms with van der Waals surface area (Å²) in [5, 5.41) is 7.04. The smallest absolute Gasteiger partial charge is 0.387 e. The van der Waals surface area contributed by atoms with Crippen molar-refractivity contribution in [1.29, 1.82) is 0 Å². The minimum Gasteiger partial charge on any atom is -0.434 e. The molecule has 0 spiro atoms. The average molecular weight is 347 g/mol. The van der Waals surface area contributed by atoms with Gasteiger partial charge < -0.3 is 10.1 Å². The van der Waals surface area contributed by atoms with Gasteiger partial charge in [-0.3, -0.25) is 4.79 Å². The topological polar surface area (TPSA) is 56.2 Å². The number of alkyl halides is 2. The van der Waals surface area contributed by atoms with Crippen LogP contribution in [0.1, 0.15) is 31.4 Å². The van der Waals surface area contributed by atoms with E-state index in [0.29, 0.717) is 17.3 Å². The second kappa shape index (κ2) is 7.46. The van der Waals surface area contributed by atoms with Crippen LogP contribution >= 0.6 is 0 Å². The predicted molar refractivity (Wildman–Crippen MR) is 90.4 cm³/mol. The van der Waals surface area contributed by atoms with Gasteiger partial charge in [-0.1, -0.05) is 18.2 Å². The van der Waals surface area contributed by atoms with Gasteiger partial charge in [0.15, 0.2) is 0 Å². The molecule has 1 aliphatic rings. The van der Waals surface area contributed by atoms with Crippen LogP contribution < -0.4 is 10.1 Å². The highest BCUT2D eigenvalue weighted by Gasteiger charge is 2.30. The van der Waals surface area contributed by atoms with Crippen LogP contribution in [-0.2, 0) is 4.79 Å². The predicted octanol–water partition coefficient (Wildman–Crippen LogP) is 4.11. The van der Waals surface area contributed by atoms with Crippen LogP contribution in [0, 0.1) is 5.92 Å². The first-order chi connectivity index (χ1) is 12.0. The summed E-state index contributed by atoms with van der Waals surface area (Å²) in [6.07, 6.45) is 6.72. The van der Waals surface area contributed by atoms with E-state index in [1.165, 1.54) is 31.1 Å². The number of para-hydroxylation sites is 1. The van der Waals surface area contributed by atoms with E-state index in [4.69, 9.17) is 0 Å². The van der Waals surface area contributed by atoms with E-state index >= 15 is 0 Å². The Balaban J connectivity index is 1.67. The van der Waals surface area contributed by atoms with Crippen LogP contribution in [0.3, 0.4) is 0 Å². The maximum Gasteiger partial charge on any atom is 0.387 e. The third-order valence-corrected chi connectivity index (χ3v) is 4.16. The van der Waals surface area contributed by atoms with Crippen LogP contribution in [0.25, 0.3) is 6.08 Å². The standard InChI is InChI=1S/C18H19F2N3O2/c1-12(13-6-7-13)23-16(10-11-21-23)22-17(24)9-8-14-4-2-3-5-15(14)25-18(19)20/h2-5,8-13,18H,6-7H2,1H3,(H,22,24)/b9-8+. The highest BCUT2D eigenvalue weighted by Crippen LogP contribution is 2.40. The van der Waals surface area contributed by atoms with E-state index < -0.39 is 6.61 Å². The van der Waals surface area contributed by atoms with Crippen molar-refractivity contribution >= 4 is 17.8 Å². The lowest BCUT2D eigenvalue weighted by molar-refractivity contribution is -0.111. The molecule has 1 N–H and O–H groups in total. The van der Waals surface area contributed by atoms with Gasteiger partial charge in [0.25, 0.3) is 0 Å². The van der Waals surface area contributed by atoms with Gasteiger partial charge in [0, 0.05) is 17.7 Å². The van der Waals surface area contributed by atoms with Crippen LogP contribution in [0.5, 0.6) is 5.75 Å². The molecule has 1 amide bonds. The Morgan fingerprint density at radius 2 is 2.12 bits per heavy atom. The van der Waals surface area contributed by atoms with Crippen molar-refractivity contribution in [2.45, 2.75) is 32.4 Å². The molecule has 1 unspecified atom stereocenters. The molecular formula is C18H19F2N3O2. The van der Waals surface area contributed by atoms with Crippen LogP contribution in [-0.4, -0.2) is 22.3 Å². The molecule has 1 saturated carbocycles. The van der Waals surface area contributed by atoms with Gasteiger partial charge in [-0.25, -0.2) is 4.68 Å². The number of carbonyl (C=O) groups excluding carboxylic acids is 1. The number of benzene rings is 1. The second-order valence-corrected chi connectivity index (χ2v) is 5.98. The van der Waals surface area contributed by atoms with Crippen molar-refractivity contribution < 1.29 is 18.3 Å². The molecule has 1 aliphatic carbocycles. The van der Waals surface area contributed by atoms with Gasteiger partial charge in [0.05, 0.1) is 12.2 Å². The maximum atomic E-state index is 12.4. The lowest BCUT2D eigenvalue weighted by Gasteiger charge is -2.14. The Morgan fingerprint density at radius 3 is 2.84 bits per heavy atom. The Morgan fingerprint density at radius 1 is 1.36 bits per heavy atom. The number of rotatable bonds is 7. The molecule has 7 heteroatoms. The molecule has 0 bridgehead atoms. The van der Waals surface area contributed by atoms with Gasteiger partial charge in [-0.2, -0.15) is 13.9 Å². The maximum absolute atomic E-state index is 12.4. The summed E-state index contributed by atoms with van der Waals surface area (Å²) >= 11 is 0. The molecule has 1 atom stereocenters. The lowest BCUT2D eigenvalue weighted by atomic mass is 10.2. The molecule has 5 nitrogen and oxygen atoms in total. The molecule has 0 aliphatic heterocycles. The van der Waals surface area contributed by atoms with E-state index in [1.54, 1.807) is 35.1 Å². The van der Waals surface area contributed by atoms with Gasteiger partial charge in [-0.05, 0) is 37.8 Å². The van der Waals surface area contributed by atoms with Crippen molar-refractivity contribution in [3.8, 4) is 5.75 Å². The summed E-state index contributed by atoms with van der Waals surface area (Å²) in [7, 11) is 0. The van der Waals surface area contributed by atoms with Gasteiger partial charge in [0.2, 0.25) is 5.91 Å². The summed E-state index contributed by atoms with van der Waals surface area (Å²) in [5.41, 5.74) is 0.401. The molecule has 2 aromatic rings. The summed E-state index contributed by atoms with van der Waals surface area (Å²) in [4.78, 5) is 12.1. The molecule has 1 heterocycles. The quantitative estimate of drug-likeness (QED) is 0.767. The molecule has 3 rings (SSSR count). The van der Waals surface area contributed by atoms with Crippen LogP contribution in [0.4, 0.5) is 14.6 Å². The number of amides is 1. The SMILES string of the molecule is CC(C1CC1)n1nccc1NC(=O)/C=C/c1ccccc1OC(F)F. The molecule has 0 radical (unpaired) electrons. The molecule has 25 heavy (non-hydrogen) atoms. The Hall–Kier alpha value is -2.70. The molecule has 1 aromatic carbocycles. The number of halogens is 2. The Kier molecular flexibility index (Phi) is 5.11. The van der Waals surface area contributed by atoms with Crippen LogP contribution in [0.15, 0.2) is 42.6 Å². The number of aromatic nitrogens is 2. The number of hydrogen-bond acceptors (Lipinski definition) is 3. The molecule has 1 aromatic heterocycles. The highest BCUT2D eigenvalue weighted by molar-refractivity contribution is 6.01. The summed E-state index contributed by atoms with van der Waals surface area (Å²) < 4.78 is 31.1. The fraction of sp³-hybridized carbons (Fsp3) is 0.333. The first-order valence-corrected chi connectivity index (χ1v) is 8.11. The summed E-state index contributed by atoms with van der Waals surface area (Å²) in [5.74, 6) is 0.876. The summed E-state index contributed by atoms with van der Waals surface area (Å²) in [6.45, 7) is -0.838. The van der Waals surface area contributed by atoms with E-state index in [0.717, 1.165) is 0 Å². The van der Waals surface area contributed by atoms with Gasteiger partial charge in [-0.15, -0.1) is 0 Å². The van der Waals surface area contributed by atoms with Crippen molar-refractivity contribution in [2.24, 2.45) is 5.92 Å². The Bertz CT molecular complexity index is 769. The number of ether oxygens (including phenoxy) is 1. The number of hydrogen-bond donors (Lipinski definition) is 1. The molecule has 0 saturated heterocycles. The van der Waals surface area contributed by atoms with E-state index in [2.05, 4.69) is 22.1 Å². The fourth-order valence-corrected chi connectivity index (χ4v) is 2.67. The third-order valence-electron chi connectivity index (χ3n) is 4.16. The number of nitrogens with zero attached hydrogens (tertiary/aromatic N) is 2. The largest absolute Gasteiger partial charge is 0.434 e. The molecular weight excluding hydrogens is 328 g/mol. The number of anilines is 1. The minimum atomic E-state index is -2.92. The van der Waals surface area contributed by atoms with Crippen molar-refractivity contribution in [3.63, 3.8) is 0 Å². The van der Waals surface area contributed by atoms with E-state index in [1.807, 2.05) is 0 Å². The fourth-order valence-electron chi connectivity index (χ4n) is 2.67. The average Bonchev–Trinajstić information content (AvgIpc) is 3.33. The van der Waals surface area contributed by atoms with E-state index in [-0.39, 0.29) is 17.7 Å². The van der Waals surface area contributed by atoms with Crippen molar-refractivity contribution in [2.75, 3.05) is 5.32 Å². The number of nitrogens with one attached hydrogen (secondary N) is 1. The zero-order valence-corrected chi connectivity index (χ0v) is 13.7. The molecule has 1 fully saturated rings. The second-order valence-electron chi connectivity index (χ2n) is 5.98. The monoisotopic (exact) mass is 347 g/mol. The zero-order chi connectivity index (χ0) is 17.8. The van der Waals surface area contributed by atoms with Gasteiger partial charge >= 0.3 is 6.61 Å².